The fourth-order valence-electron chi connectivity index (χ4n) is 3.46. The third-order valence-corrected chi connectivity index (χ3v) is 5.32. The first kappa shape index (κ1) is 20.2. The number of ketones is 1. The van der Waals surface area contributed by atoms with Crippen LogP contribution in [0.3, 0.4) is 0 Å². The van der Waals surface area contributed by atoms with Gasteiger partial charge in [-0.1, -0.05) is 48.0 Å². The lowest BCUT2D eigenvalue weighted by Crippen LogP contribution is -2.49. The van der Waals surface area contributed by atoms with Gasteiger partial charge >= 0.3 is 0 Å². The van der Waals surface area contributed by atoms with E-state index in [1.807, 2.05) is 48.2 Å². The van der Waals surface area contributed by atoms with Crippen molar-refractivity contribution in [1.82, 2.24) is 9.80 Å². The van der Waals surface area contributed by atoms with Crippen molar-refractivity contribution in [3.05, 3.63) is 71.0 Å². The summed E-state index contributed by atoms with van der Waals surface area (Å²) in [4.78, 5) is 28.8. The predicted octanol–water partition coefficient (Wildman–Crippen LogP) is 3.48. The summed E-state index contributed by atoms with van der Waals surface area (Å²) in [5, 5.41) is 0. The fraction of sp³-hybridized carbons (Fsp3) is 0.391. The summed E-state index contributed by atoms with van der Waals surface area (Å²) < 4.78 is 13.7. The van der Waals surface area contributed by atoms with Gasteiger partial charge in [-0.3, -0.25) is 14.5 Å². The van der Waals surface area contributed by atoms with E-state index in [2.05, 4.69) is 4.90 Å². The second-order valence-corrected chi connectivity index (χ2v) is 7.35. The van der Waals surface area contributed by atoms with Crippen LogP contribution in [0.2, 0.25) is 0 Å². The highest BCUT2D eigenvalue weighted by molar-refractivity contribution is 5.97. The smallest absolute Gasteiger partial charge is 0.223 e. The minimum Gasteiger partial charge on any atom is -0.340 e. The summed E-state index contributed by atoms with van der Waals surface area (Å²) in [7, 11) is 0. The maximum absolute atomic E-state index is 13.7. The van der Waals surface area contributed by atoms with Gasteiger partial charge in [0.1, 0.15) is 5.82 Å². The second-order valence-electron chi connectivity index (χ2n) is 7.35. The predicted molar refractivity (Wildman–Crippen MR) is 108 cm³/mol. The van der Waals surface area contributed by atoms with E-state index >= 15 is 0 Å². The normalized spacial score (nSPS) is 14.9. The Morgan fingerprint density at radius 2 is 1.61 bits per heavy atom. The molecular weight excluding hydrogens is 355 g/mol. The number of nitrogens with zero attached hydrogens (tertiary/aromatic N) is 2. The van der Waals surface area contributed by atoms with E-state index in [1.54, 1.807) is 6.07 Å². The standard InChI is InChI=1S/C23H27FN2O2/c1-18-6-8-20(9-7-18)22(27)10-11-23(28)26-16-14-25(15-17-26)13-12-19-4-2-3-5-21(19)24/h2-9H,10-17H2,1H3. The lowest BCUT2D eigenvalue weighted by molar-refractivity contribution is -0.132. The van der Waals surface area contributed by atoms with Gasteiger partial charge in [0, 0.05) is 51.1 Å². The molecule has 1 fully saturated rings. The molecule has 3 rings (SSSR count). The average molecular weight is 382 g/mol. The van der Waals surface area contributed by atoms with Crippen LogP contribution in [0.4, 0.5) is 4.39 Å². The van der Waals surface area contributed by atoms with Crippen LogP contribution in [-0.4, -0.2) is 54.2 Å². The first-order valence-corrected chi connectivity index (χ1v) is 9.86. The molecule has 1 aliphatic rings. The van der Waals surface area contributed by atoms with E-state index < -0.39 is 0 Å². The summed E-state index contributed by atoms with van der Waals surface area (Å²) in [6, 6.07) is 14.3. The molecule has 1 saturated heterocycles. The molecule has 2 aromatic rings. The minimum absolute atomic E-state index is 0.0110. The number of Topliss-reactive ketones (excluding diaryl/α,β-unsaturated/α-hetero) is 1. The van der Waals surface area contributed by atoms with E-state index in [0.717, 1.165) is 30.8 Å². The zero-order chi connectivity index (χ0) is 19.9. The number of amides is 1. The molecular formula is C23H27FN2O2. The molecule has 0 atom stereocenters. The summed E-state index contributed by atoms with van der Waals surface area (Å²) in [5.41, 5.74) is 2.51. The number of piperazine rings is 1. The number of carbonyl (C=O) groups is 2. The van der Waals surface area contributed by atoms with Gasteiger partial charge in [0.15, 0.2) is 5.78 Å². The molecule has 148 valence electrons. The van der Waals surface area contributed by atoms with Crippen LogP contribution in [0, 0.1) is 12.7 Å². The van der Waals surface area contributed by atoms with Crippen molar-refractivity contribution < 1.29 is 14.0 Å². The Balaban J connectivity index is 1.39. The van der Waals surface area contributed by atoms with Crippen molar-refractivity contribution in [2.45, 2.75) is 26.2 Å². The molecule has 0 aromatic heterocycles. The molecule has 2 aromatic carbocycles. The second kappa shape index (κ2) is 9.60. The molecule has 0 aliphatic carbocycles. The van der Waals surface area contributed by atoms with Gasteiger partial charge in [-0.25, -0.2) is 4.39 Å². The molecule has 28 heavy (non-hydrogen) atoms. The lowest BCUT2D eigenvalue weighted by atomic mass is 10.0. The first-order valence-electron chi connectivity index (χ1n) is 9.86. The van der Waals surface area contributed by atoms with Gasteiger partial charge in [-0.2, -0.15) is 0 Å². The number of benzene rings is 2. The third kappa shape index (κ3) is 5.49. The van der Waals surface area contributed by atoms with Crippen molar-refractivity contribution in [2.75, 3.05) is 32.7 Å². The zero-order valence-electron chi connectivity index (χ0n) is 16.4. The van der Waals surface area contributed by atoms with Crippen LogP contribution in [0.1, 0.15) is 34.3 Å². The molecule has 0 saturated carbocycles. The Morgan fingerprint density at radius 1 is 0.929 bits per heavy atom. The van der Waals surface area contributed by atoms with E-state index in [-0.39, 0.29) is 30.3 Å². The molecule has 0 spiro atoms. The molecule has 5 heteroatoms. The molecule has 1 amide bonds. The number of halogens is 1. The van der Waals surface area contributed by atoms with Gasteiger partial charge in [-0.15, -0.1) is 0 Å². The highest BCUT2D eigenvalue weighted by atomic mass is 19.1. The SMILES string of the molecule is Cc1ccc(C(=O)CCC(=O)N2CCN(CCc3ccccc3F)CC2)cc1. The van der Waals surface area contributed by atoms with Crippen molar-refractivity contribution >= 4 is 11.7 Å². The quantitative estimate of drug-likeness (QED) is 0.689. The average Bonchev–Trinajstić information content (AvgIpc) is 2.72. The summed E-state index contributed by atoms with van der Waals surface area (Å²) in [5.74, 6) is -0.111. The monoisotopic (exact) mass is 382 g/mol. The Bertz CT molecular complexity index is 812. The van der Waals surface area contributed by atoms with Crippen LogP contribution in [0.5, 0.6) is 0 Å². The number of hydrogen-bond donors (Lipinski definition) is 0. The topological polar surface area (TPSA) is 40.6 Å². The number of rotatable bonds is 7. The van der Waals surface area contributed by atoms with Crippen molar-refractivity contribution in [2.24, 2.45) is 0 Å². The van der Waals surface area contributed by atoms with Gasteiger partial charge < -0.3 is 4.90 Å². The highest BCUT2D eigenvalue weighted by Gasteiger charge is 2.21. The summed E-state index contributed by atoms with van der Waals surface area (Å²) in [6.07, 6.45) is 1.17. The van der Waals surface area contributed by atoms with Crippen LogP contribution in [0.25, 0.3) is 0 Å². The van der Waals surface area contributed by atoms with Gasteiger partial charge in [0.2, 0.25) is 5.91 Å². The Labute approximate surface area is 166 Å². The summed E-state index contributed by atoms with van der Waals surface area (Å²) in [6.45, 7) is 5.66. The maximum atomic E-state index is 13.7. The molecule has 1 aliphatic heterocycles. The Morgan fingerprint density at radius 3 is 2.29 bits per heavy atom. The van der Waals surface area contributed by atoms with Gasteiger partial charge in [0.05, 0.1) is 0 Å². The van der Waals surface area contributed by atoms with Crippen molar-refractivity contribution in [3.63, 3.8) is 0 Å². The van der Waals surface area contributed by atoms with Crippen molar-refractivity contribution in [3.8, 4) is 0 Å². The molecule has 1 heterocycles. The van der Waals surface area contributed by atoms with Crippen molar-refractivity contribution in [1.29, 1.82) is 0 Å². The first-order chi connectivity index (χ1) is 13.5. The summed E-state index contributed by atoms with van der Waals surface area (Å²) >= 11 is 0. The molecule has 0 radical (unpaired) electrons. The van der Waals surface area contributed by atoms with Crippen LogP contribution >= 0.6 is 0 Å². The molecule has 0 N–H and O–H groups in total. The molecule has 0 bridgehead atoms. The van der Waals surface area contributed by atoms with E-state index in [0.29, 0.717) is 25.1 Å². The maximum Gasteiger partial charge on any atom is 0.223 e. The van der Waals surface area contributed by atoms with E-state index in [4.69, 9.17) is 0 Å². The number of hydrogen-bond acceptors (Lipinski definition) is 3. The minimum atomic E-state index is -0.158. The third-order valence-electron chi connectivity index (χ3n) is 5.32. The van der Waals surface area contributed by atoms with Crippen LogP contribution < -0.4 is 0 Å². The largest absolute Gasteiger partial charge is 0.340 e. The Hall–Kier alpha value is -2.53. The highest BCUT2D eigenvalue weighted by Crippen LogP contribution is 2.12. The molecule has 4 nitrogen and oxygen atoms in total. The number of carbonyl (C=O) groups excluding carboxylic acids is 2. The Kier molecular flexibility index (Phi) is 6.93. The van der Waals surface area contributed by atoms with Crippen LogP contribution in [0.15, 0.2) is 48.5 Å². The number of aryl methyl sites for hydroxylation is 1. The van der Waals surface area contributed by atoms with Gasteiger partial charge in [0.25, 0.3) is 0 Å². The fourth-order valence-corrected chi connectivity index (χ4v) is 3.46. The van der Waals surface area contributed by atoms with Crippen LogP contribution in [-0.2, 0) is 11.2 Å². The van der Waals surface area contributed by atoms with Gasteiger partial charge in [-0.05, 0) is 25.0 Å². The van der Waals surface area contributed by atoms with E-state index in [9.17, 15) is 14.0 Å². The zero-order valence-corrected chi connectivity index (χ0v) is 16.4. The van der Waals surface area contributed by atoms with E-state index in [1.165, 1.54) is 6.07 Å². The molecule has 0 unspecified atom stereocenters. The lowest BCUT2D eigenvalue weighted by Gasteiger charge is -2.34.